The molecule has 1 aliphatic rings. The van der Waals surface area contributed by atoms with Gasteiger partial charge in [0, 0.05) is 19.3 Å². The first-order valence-electron chi connectivity index (χ1n) is 13.6. The molecule has 1 atom stereocenters. The summed E-state index contributed by atoms with van der Waals surface area (Å²) in [6, 6.07) is -1.24. The number of nitrogens with zero attached hydrogens (tertiary/aromatic N) is 1. The third-order valence-electron chi connectivity index (χ3n) is 6.13. The number of rotatable bonds is 21. The summed E-state index contributed by atoms with van der Waals surface area (Å²) in [4.78, 5) is 63.0. The highest BCUT2D eigenvalue weighted by molar-refractivity contribution is 6.01. The van der Waals surface area contributed by atoms with Gasteiger partial charge < -0.3 is 15.3 Å². The number of nitrogens with one attached hydrogen (secondary N) is 1. The van der Waals surface area contributed by atoms with Gasteiger partial charge in [-0.2, -0.15) is 0 Å². The number of aliphatic carboxylic acids is 1. The minimum Gasteiger partial charge on any atom is -0.480 e. The van der Waals surface area contributed by atoms with Crippen molar-refractivity contribution in [3.05, 3.63) is 12.2 Å². The lowest BCUT2D eigenvalue weighted by Crippen LogP contribution is -2.41. The van der Waals surface area contributed by atoms with E-state index < -0.39 is 29.8 Å². The predicted molar refractivity (Wildman–Crippen MR) is 135 cm³/mol. The number of allylic oxidation sites excluding steroid dienone is 2. The third-order valence-corrected chi connectivity index (χ3v) is 6.13. The van der Waals surface area contributed by atoms with Crippen LogP contribution in [0.2, 0.25) is 0 Å². The normalized spacial score (nSPS) is 14.4. The molecule has 1 aliphatic heterocycles. The van der Waals surface area contributed by atoms with Crippen LogP contribution >= 0.6 is 0 Å². The van der Waals surface area contributed by atoms with Gasteiger partial charge >= 0.3 is 11.9 Å². The highest BCUT2D eigenvalue weighted by Gasteiger charge is 2.33. The number of carboxylic acid groups (broad SMARTS) is 1. The summed E-state index contributed by atoms with van der Waals surface area (Å²) in [6.07, 6.45) is 19.2. The zero-order chi connectivity index (χ0) is 26.6. The van der Waals surface area contributed by atoms with E-state index in [0.717, 1.165) is 38.5 Å². The van der Waals surface area contributed by atoms with Gasteiger partial charge in [0.25, 0.3) is 11.8 Å². The molecule has 0 aromatic heterocycles. The van der Waals surface area contributed by atoms with Crippen molar-refractivity contribution in [2.24, 2.45) is 0 Å². The Bertz CT molecular complexity index is 720. The molecule has 0 aromatic rings. The van der Waals surface area contributed by atoms with Crippen molar-refractivity contribution in [1.82, 2.24) is 10.4 Å². The maximum atomic E-state index is 12.1. The predicted octanol–water partition coefficient (Wildman–Crippen LogP) is 4.98. The van der Waals surface area contributed by atoms with E-state index in [0.29, 0.717) is 11.5 Å². The van der Waals surface area contributed by atoms with Crippen LogP contribution in [0.5, 0.6) is 0 Å². The lowest BCUT2D eigenvalue weighted by Gasteiger charge is -2.16. The molecule has 1 fully saturated rings. The average molecular weight is 509 g/mol. The van der Waals surface area contributed by atoms with E-state index in [1.807, 2.05) is 0 Å². The van der Waals surface area contributed by atoms with Crippen LogP contribution in [0.1, 0.15) is 122 Å². The molecule has 9 nitrogen and oxygen atoms in total. The first-order valence-corrected chi connectivity index (χ1v) is 13.6. The molecule has 36 heavy (non-hydrogen) atoms. The van der Waals surface area contributed by atoms with Gasteiger partial charge in [-0.05, 0) is 38.5 Å². The Morgan fingerprint density at radius 1 is 0.861 bits per heavy atom. The molecule has 1 saturated heterocycles. The SMILES string of the molecule is CCCCCCCC/C=C\CCCCCCCC(=O)N[C@@H](CCC(=O)ON1C(=O)CCC1=O)C(=O)O. The highest BCUT2D eigenvalue weighted by Crippen LogP contribution is 2.14. The Labute approximate surface area is 215 Å². The molecule has 0 spiro atoms. The molecular weight excluding hydrogens is 464 g/mol. The van der Waals surface area contributed by atoms with E-state index in [4.69, 9.17) is 4.84 Å². The van der Waals surface area contributed by atoms with Crippen LogP contribution in [0.3, 0.4) is 0 Å². The summed E-state index contributed by atoms with van der Waals surface area (Å²) >= 11 is 0. The second kappa shape index (κ2) is 19.5. The molecular formula is C27H44N2O7. The topological polar surface area (TPSA) is 130 Å². The smallest absolute Gasteiger partial charge is 0.333 e. The average Bonchev–Trinajstić information content (AvgIpc) is 3.16. The maximum Gasteiger partial charge on any atom is 0.333 e. The Morgan fingerprint density at radius 3 is 1.94 bits per heavy atom. The zero-order valence-electron chi connectivity index (χ0n) is 21.8. The first-order chi connectivity index (χ1) is 17.3. The summed E-state index contributed by atoms with van der Waals surface area (Å²) in [7, 11) is 0. The molecule has 0 radical (unpaired) electrons. The maximum absolute atomic E-state index is 12.1. The molecule has 0 aromatic carbocycles. The summed E-state index contributed by atoms with van der Waals surface area (Å²) in [5.74, 6) is -3.73. The summed E-state index contributed by atoms with van der Waals surface area (Å²) < 4.78 is 0. The van der Waals surface area contributed by atoms with Crippen LogP contribution in [-0.2, 0) is 28.8 Å². The summed E-state index contributed by atoms with van der Waals surface area (Å²) in [5, 5.41) is 12.2. The van der Waals surface area contributed by atoms with Crippen LogP contribution in [0.4, 0.5) is 0 Å². The second-order valence-electron chi connectivity index (χ2n) is 9.38. The minimum absolute atomic E-state index is 0.0176. The van der Waals surface area contributed by atoms with E-state index in [9.17, 15) is 29.1 Å². The minimum atomic E-state index is -1.26. The molecule has 0 unspecified atom stereocenters. The van der Waals surface area contributed by atoms with Crippen molar-refractivity contribution in [2.75, 3.05) is 0 Å². The Hall–Kier alpha value is -2.71. The molecule has 3 amide bonds. The van der Waals surface area contributed by atoms with E-state index in [1.54, 1.807) is 0 Å². The van der Waals surface area contributed by atoms with E-state index in [1.165, 1.54) is 38.5 Å². The van der Waals surface area contributed by atoms with E-state index in [2.05, 4.69) is 24.4 Å². The molecule has 2 N–H and O–H groups in total. The molecule has 0 bridgehead atoms. The van der Waals surface area contributed by atoms with E-state index in [-0.39, 0.29) is 38.0 Å². The number of imide groups is 1. The Kier molecular flexibility index (Phi) is 16.9. The number of hydrogen-bond acceptors (Lipinski definition) is 6. The highest BCUT2D eigenvalue weighted by atomic mass is 16.7. The fourth-order valence-electron chi connectivity index (χ4n) is 3.95. The van der Waals surface area contributed by atoms with Crippen molar-refractivity contribution in [3.63, 3.8) is 0 Å². The lowest BCUT2D eigenvalue weighted by atomic mass is 10.1. The number of carbonyl (C=O) groups excluding carboxylic acids is 4. The van der Waals surface area contributed by atoms with Crippen molar-refractivity contribution >= 4 is 29.7 Å². The van der Waals surface area contributed by atoms with Gasteiger partial charge in [-0.25, -0.2) is 9.59 Å². The molecule has 1 rings (SSSR count). The quantitative estimate of drug-likeness (QED) is 0.127. The van der Waals surface area contributed by atoms with Gasteiger partial charge in [-0.15, -0.1) is 5.06 Å². The first kappa shape index (κ1) is 31.3. The Morgan fingerprint density at radius 2 is 1.39 bits per heavy atom. The molecule has 204 valence electrons. The molecule has 0 aliphatic carbocycles. The van der Waals surface area contributed by atoms with Gasteiger partial charge in [0.15, 0.2) is 0 Å². The van der Waals surface area contributed by atoms with Gasteiger partial charge in [0.2, 0.25) is 5.91 Å². The van der Waals surface area contributed by atoms with Gasteiger partial charge in [-0.1, -0.05) is 70.4 Å². The lowest BCUT2D eigenvalue weighted by molar-refractivity contribution is -0.197. The molecule has 0 saturated carbocycles. The van der Waals surface area contributed by atoms with Crippen molar-refractivity contribution in [3.8, 4) is 0 Å². The summed E-state index contributed by atoms with van der Waals surface area (Å²) in [5.41, 5.74) is 0. The number of carbonyl (C=O) groups is 5. The fourth-order valence-corrected chi connectivity index (χ4v) is 3.95. The van der Waals surface area contributed by atoms with Gasteiger partial charge in [-0.3, -0.25) is 14.4 Å². The Balaban J connectivity index is 2.07. The van der Waals surface area contributed by atoms with Crippen molar-refractivity contribution < 1.29 is 33.9 Å². The third kappa shape index (κ3) is 14.6. The molecule has 9 heteroatoms. The zero-order valence-corrected chi connectivity index (χ0v) is 21.8. The van der Waals surface area contributed by atoms with Crippen LogP contribution < -0.4 is 5.32 Å². The van der Waals surface area contributed by atoms with Gasteiger partial charge in [0.1, 0.15) is 6.04 Å². The monoisotopic (exact) mass is 508 g/mol. The second-order valence-corrected chi connectivity index (χ2v) is 9.38. The van der Waals surface area contributed by atoms with E-state index >= 15 is 0 Å². The van der Waals surface area contributed by atoms with Crippen LogP contribution in [0.25, 0.3) is 0 Å². The van der Waals surface area contributed by atoms with Crippen LogP contribution in [-0.4, -0.2) is 45.9 Å². The largest absolute Gasteiger partial charge is 0.480 e. The van der Waals surface area contributed by atoms with Crippen LogP contribution in [0, 0.1) is 0 Å². The number of amides is 3. The van der Waals surface area contributed by atoms with Crippen LogP contribution in [0.15, 0.2) is 12.2 Å². The fraction of sp³-hybridized carbons (Fsp3) is 0.741. The summed E-state index contributed by atoms with van der Waals surface area (Å²) in [6.45, 7) is 2.23. The molecule has 1 heterocycles. The number of hydrogen-bond donors (Lipinski definition) is 2. The standard InChI is InChI=1S/C27H44N2O7/c1-2-3-4-5-6-7-8-9-10-11-12-13-14-15-16-17-23(30)28-22(27(34)35)18-21-26(33)36-29-24(31)19-20-25(29)32/h9-10,22H,2-8,11-21H2,1H3,(H,28,30)(H,34,35)/b10-9-/t22-/m0/s1. The van der Waals surface area contributed by atoms with Crippen molar-refractivity contribution in [2.45, 2.75) is 129 Å². The number of hydroxylamine groups is 2. The van der Waals surface area contributed by atoms with Crippen molar-refractivity contribution in [1.29, 1.82) is 0 Å². The van der Waals surface area contributed by atoms with Gasteiger partial charge in [0.05, 0.1) is 6.42 Å². The number of unbranched alkanes of at least 4 members (excludes halogenated alkanes) is 11. The number of carboxylic acids is 1.